The van der Waals surface area contributed by atoms with Crippen LogP contribution in [0.15, 0.2) is 41.0 Å². The first kappa shape index (κ1) is 20.6. The topological polar surface area (TPSA) is 71.9 Å². The van der Waals surface area contributed by atoms with Crippen molar-refractivity contribution in [3.63, 3.8) is 0 Å². The lowest BCUT2D eigenvalue weighted by Crippen LogP contribution is -2.47. The number of carboxylic acids is 1. The molecule has 1 aromatic carbocycles. The molecule has 7 heteroatoms. The first-order valence-corrected chi connectivity index (χ1v) is 10.1. The number of benzene rings is 1. The van der Waals surface area contributed by atoms with Gasteiger partial charge in [0.1, 0.15) is 6.04 Å². The van der Waals surface area contributed by atoms with Crippen molar-refractivity contribution in [2.24, 2.45) is 0 Å². The number of aromatic nitrogens is 1. The minimum Gasteiger partial charge on any atom is -0.493 e. The van der Waals surface area contributed by atoms with Crippen molar-refractivity contribution in [1.29, 1.82) is 0 Å². The predicted octanol–water partition coefficient (Wildman–Crippen LogP) is 4.08. The summed E-state index contributed by atoms with van der Waals surface area (Å²) in [6, 6.07) is 8.96. The molecule has 0 radical (unpaired) electrons. The fraction of sp³-hybridized carbons (Fsp3) is 0.429. The van der Waals surface area contributed by atoms with Gasteiger partial charge in [0, 0.05) is 28.8 Å². The average Bonchev–Trinajstić information content (AvgIpc) is 2.72. The maximum Gasteiger partial charge on any atom is 0.320 e. The third-order valence-corrected chi connectivity index (χ3v) is 5.91. The molecule has 6 nitrogen and oxygen atoms in total. The van der Waals surface area contributed by atoms with Crippen LogP contribution < -0.4 is 9.47 Å². The molecule has 1 aliphatic heterocycles. The van der Waals surface area contributed by atoms with Crippen LogP contribution in [0.5, 0.6) is 11.5 Å². The third kappa shape index (κ3) is 4.47. The predicted molar refractivity (Wildman–Crippen MR) is 110 cm³/mol. The van der Waals surface area contributed by atoms with Crippen molar-refractivity contribution in [2.45, 2.75) is 37.8 Å². The van der Waals surface area contributed by atoms with Gasteiger partial charge in [0.2, 0.25) is 0 Å². The van der Waals surface area contributed by atoms with Crippen molar-refractivity contribution in [2.75, 3.05) is 20.8 Å². The molecule has 2 unspecified atom stereocenters. The Morgan fingerprint density at radius 3 is 2.68 bits per heavy atom. The molecule has 2 aromatic rings. The Hall–Kier alpha value is -2.12. The van der Waals surface area contributed by atoms with Crippen LogP contribution in [0.25, 0.3) is 0 Å². The van der Waals surface area contributed by atoms with Crippen LogP contribution >= 0.6 is 15.9 Å². The monoisotopic (exact) mass is 448 g/mol. The van der Waals surface area contributed by atoms with E-state index >= 15 is 0 Å². The summed E-state index contributed by atoms with van der Waals surface area (Å²) in [5.41, 5.74) is 1.89. The van der Waals surface area contributed by atoms with Crippen LogP contribution in [-0.4, -0.2) is 47.8 Å². The zero-order chi connectivity index (χ0) is 20.1. The number of hydrogen-bond acceptors (Lipinski definition) is 5. The summed E-state index contributed by atoms with van der Waals surface area (Å²) in [6.07, 6.45) is 4.93. The molecule has 1 aliphatic rings. The molecule has 0 amide bonds. The van der Waals surface area contributed by atoms with Gasteiger partial charge in [-0.15, -0.1) is 0 Å². The highest BCUT2D eigenvalue weighted by Gasteiger charge is 2.35. The molecule has 150 valence electrons. The van der Waals surface area contributed by atoms with E-state index in [0.29, 0.717) is 24.3 Å². The summed E-state index contributed by atoms with van der Waals surface area (Å²) in [4.78, 5) is 18.5. The molecule has 3 rings (SSSR count). The molecule has 0 bridgehead atoms. The van der Waals surface area contributed by atoms with Crippen LogP contribution in [0.2, 0.25) is 0 Å². The lowest BCUT2D eigenvalue weighted by Gasteiger charge is -2.39. The Morgan fingerprint density at radius 1 is 1.29 bits per heavy atom. The molecule has 1 N–H and O–H groups in total. The summed E-state index contributed by atoms with van der Waals surface area (Å²) in [6.45, 7) is 0.731. The van der Waals surface area contributed by atoms with Gasteiger partial charge in [-0.1, -0.05) is 28.4 Å². The molecular formula is C21H25BrN2O4. The number of likely N-dealkylation sites (tertiary alicyclic amines) is 1. The molecule has 1 fully saturated rings. The number of hydrogen-bond donors (Lipinski definition) is 1. The summed E-state index contributed by atoms with van der Waals surface area (Å²) in [7, 11) is 3.20. The number of halogens is 1. The third-order valence-electron chi connectivity index (χ3n) is 5.22. The number of nitrogens with zero attached hydrogens (tertiary/aromatic N) is 2. The molecule has 0 aliphatic carbocycles. The fourth-order valence-corrected chi connectivity index (χ4v) is 4.43. The lowest BCUT2D eigenvalue weighted by atomic mass is 9.93. The first-order chi connectivity index (χ1) is 13.5. The highest BCUT2D eigenvalue weighted by Crippen LogP contribution is 2.40. The second-order valence-corrected chi connectivity index (χ2v) is 7.71. The Kier molecular flexibility index (Phi) is 6.91. The summed E-state index contributed by atoms with van der Waals surface area (Å²) < 4.78 is 11.8. The minimum absolute atomic E-state index is 0.148. The number of aliphatic carboxylic acids is 1. The molecule has 28 heavy (non-hydrogen) atoms. The first-order valence-electron chi connectivity index (χ1n) is 9.35. The zero-order valence-corrected chi connectivity index (χ0v) is 17.7. The number of ether oxygens (including phenoxy) is 2. The van der Waals surface area contributed by atoms with E-state index in [1.54, 1.807) is 20.4 Å². The van der Waals surface area contributed by atoms with Crippen LogP contribution in [0, 0.1) is 0 Å². The van der Waals surface area contributed by atoms with Gasteiger partial charge in [-0.2, -0.15) is 0 Å². The Morgan fingerprint density at radius 2 is 2.04 bits per heavy atom. The standard InChI is InChI=1S/C21H25BrN2O4/c1-27-19-12-15(16(22)13-20(19)28-2)18(11-14-7-3-5-9-23-14)24-10-6-4-8-17(24)21(25)26/h3,5,7,9,12-13,17-18H,4,6,8,10-11H2,1-2H3,(H,25,26). The number of methoxy groups -OCH3 is 2. The SMILES string of the molecule is COc1cc(Br)c(C(Cc2ccccn2)N2CCCCC2C(=O)O)cc1OC. The lowest BCUT2D eigenvalue weighted by molar-refractivity contribution is -0.146. The Labute approximate surface area is 173 Å². The van der Waals surface area contributed by atoms with E-state index in [2.05, 4.69) is 25.8 Å². The van der Waals surface area contributed by atoms with Gasteiger partial charge in [0.05, 0.1) is 14.2 Å². The molecule has 1 aromatic heterocycles. The number of carboxylic acid groups (broad SMARTS) is 1. The van der Waals surface area contributed by atoms with Crippen LogP contribution in [0.4, 0.5) is 0 Å². The Bertz CT molecular complexity index is 816. The summed E-state index contributed by atoms with van der Waals surface area (Å²) in [5, 5.41) is 9.81. The van der Waals surface area contributed by atoms with E-state index in [-0.39, 0.29) is 6.04 Å². The zero-order valence-electron chi connectivity index (χ0n) is 16.1. The van der Waals surface area contributed by atoms with E-state index in [0.717, 1.165) is 35.1 Å². The van der Waals surface area contributed by atoms with Gasteiger partial charge in [-0.25, -0.2) is 0 Å². The largest absolute Gasteiger partial charge is 0.493 e. The summed E-state index contributed by atoms with van der Waals surface area (Å²) >= 11 is 3.66. The quantitative estimate of drug-likeness (QED) is 0.687. The second-order valence-electron chi connectivity index (χ2n) is 6.86. The fourth-order valence-electron chi connectivity index (χ4n) is 3.84. The van der Waals surface area contributed by atoms with Crippen molar-refractivity contribution in [1.82, 2.24) is 9.88 Å². The van der Waals surface area contributed by atoms with E-state index < -0.39 is 12.0 Å². The highest BCUT2D eigenvalue weighted by atomic mass is 79.9. The minimum atomic E-state index is -0.776. The van der Waals surface area contributed by atoms with Crippen molar-refractivity contribution < 1.29 is 19.4 Å². The number of carbonyl (C=O) groups is 1. The van der Waals surface area contributed by atoms with E-state index in [9.17, 15) is 9.90 Å². The summed E-state index contributed by atoms with van der Waals surface area (Å²) in [5.74, 6) is 0.473. The molecule has 1 saturated heterocycles. The van der Waals surface area contributed by atoms with Crippen LogP contribution in [0.3, 0.4) is 0 Å². The smallest absolute Gasteiger partial charge is 0.320 e. The highest BCUT2D eigenvalue weighted by molar-refractivity contribution is 9.10. The molecule has 2 atom stereocenters. The number of piperidine rings is 1. The van der Waals surface area contributed by atoms with Crippen molar-refractivity contribution in [3.05, 3.63) is 52.3 Å². The van der Waals surface area contributed by atoms with E-state index in [1.165, 1.54) is 0 Å². The molecule has 0 spiro atoms. The van der Waals surface area contributed by atoms with Crippen LogP contribution in [0.1, 0.15) is 36.6 Å². The van der Waals surface area contributed by atoms with Gasteiger partial charge >= 0.3 is 5.97 Å². The van der Waals surface area contributed by atoms with Gasteiger partial charge < -0.3 is 14.6 Å². The van der Waals surface area contributed by atoms with Gasteiger partial charge in [-0.05, 0) is 49.2 Å². The van der Waals surface area contributed by atoms with Crippen molar-refractivity contribution in [3.8, 4) is 11.5 Å². The number of rotatable bonds is 7. The Balaban J connectivity index is 2.07. The normalized spacial score (nSPS) is 18.5. The molecular weight excluding hydrogens is 424 g/mol. The average molecular weight is 449 g/mol. The second kappa shape index (κ2) is 9.39. The number of pyridine rings is 1. The van der Waals surface area contributed by atoms with Crippen LogP contribution in [-0.2, 0) is 11.2 Å². The maximum absolute atomic E-state index is 11.9. The van der Waals surface area contributed by atoms with Gasteiger partial charge in [0.25, 0.3) is 0 Å². The van der Waals surface area contributed by atoms with Gasteiger partial charge in [-0.3, -0.25) is 14.7 Å². The maximum atomic E-state index is 11.9. The molecule has 0 saturated carbocycles. The molecule has 2 heterocycles. The van der Waals surface area contributed by atoms with Gasteiger partial charge in [0.15, 0.2) is 11.5 Å². The van der Waals surface area contributed by atoms with E-state index in [1.807, 2.05) is 30.3 Å². The van der Waals surface area contributed by atoms with Crippen molar-refractivity contribution >= 4 is 21.9 Å². The van der Waals surface area contributed by atoms with E-state index in [4.69, 9.17) is 9.47 Å².